The van der Waals surface area contributed by atoms with Gasteiger partial charge in [0.05, 0.1) is 16.4 Å². The average molecular weight is 326 g/mol. The Balaban J connectivity index is 2.26. The van der Waals surface area contributed by atoms with E-state index in [2.05, 4.69) is 24.3 Å². The SMILES string of the molecule is CCCNCCc1c(C)nn(-c2ccc(Cl)cc2Cl)c1C. The van der Waals surface area contributed by atoms with Gasteiger partial charge in [0.25, 0.3) is 0 Å². The van der Waals surface area contributed by atoms with E-state index < -0.39 is 0 Å². The van der Waals surface area contributed by atoms with E-state index in [0.29, 0.717) is 10.0 Å². The maximum Gasteiger partial charge on any atom is 0.0836 e. The lowest BCUT2D eigenvalue weighted by Crippen LogP contribution is -2.18. The van der Waals surface area contributed by atoms with Crippen molar-refractivity contribution in [2.75, 3.05) is 13.1 Å². The number of hydrogen-bond donors (Lipinski definition) is 1. The first-order valence-electron chi connectivity index (χ1n) is 7.25. The summed E-state index contributed by atoms with van der Waals surface area (Å²) in [4.78, 5) is 0. The van der Waals surface area contributed by atoms with Gasteiger partial charge in [0, 0.05) is 10.7 Å². The Morgan fingerprint density at radius 3 is 2.62 bits per heavy atom. The summed E-state index contributed by atoms with van der Waals surface area (Å²) in [5.41, 5.74) is 4.34. The van der Waals surface area contributed by atoms with Crippen molar-refractivity contribution in [1.29, 1.82) is 0 Å². The van der Waals surface area contributed by atoms with Gasteiger partial charge in [-0.1, -0.05) is 30.1 Å². The predicted octanol–water partition coefficient (Wildman–Crippen LogP) is 4.34. The third kappa shape index (κ3) is 3.79. The molecule has 1 heterocycles. The number of nitrogens with zero attached hydrogens (tertiary/aromatic N) is 2. The minimum absolute atomic E-state index is 0.615. The molecule has 0 unspecified atom stereocenters. The number of rotatable bonds is 6. The second-order valence-corrected chi connectivity index (χ2v) is 6.00. The quantitative estimate of drug-likeness (QED) is 0.801. The highest BCUT2D eigenvalue weighted by atomic mass is 35.5. The van der Waals surface area contributed by atoms with Crippen LogP contribution in [0.1, 0.15) is 30.3 Å². The van der Waals surface area contributed by atoms with Crippen molar-refractivity contribution in [3.05, 3.63) is 45.2 Å². The Labute approximate surface area is 136 Å². The van der Waals surface area contributed by atoms with Gasteiger partial charge in [-0.15, -0.1) is 0 Å². The van der Waals surface area contributed by atoms with Crippen molar-refractivity contribution in [1.82, 2.24) is 15.1 Å². The first-order valence-corrected chi connectivity index (χ1v) is 8.01. The van der Waals surface area contributed by atoms with E-state index in [1.54, 1.807) is 6.07 Å². The fourth-order valence-electron chi connectivity index (χ4n) is 2.44. The summed E-state index contributed by atoms with van der Waals surface area (Å²) < 4.78 is 1.91. The molecular formula is C16H21Cl2N3. The Morgan fingerprint density at radius 2 is 1.95 bits per heavy atom. The third-order valence-electron chi connectivity index (χ3n) is 3.56. The van der Waals surface area contributed by atoms with Crippen LogP contribution in [-0.2, 0) is 6.42 Å². The van der Waals surface area contributed by atoms with Crippen LogP contribution in [0.15, 0.2) is 18.2 Å². The molecule has 21 heavy (non-hydrogen) atoms. The Morgan fingerprint density at radius 1 is 1.19 bits per heavy atom. The molecule has 0 saturated carbocycles. The molecule has 3 nitrogen and oxygen atoms in total. The smallest absolute Gasteiger partial charge is 0.0836 e. The van der Waals surface area contributed by atoms with E-state index in [4.69, 9.17) is 23.2 Å². The molecule has 2 aromatic rings. The van der Waals surface area contributed by atoms with Crippen LogP contribution < -0.4 is 5.32 Å². The van der Waals surface area contributed by atoms with Gasteiger partial charge >= 0.3 is 0 Å². The lowest BCUT2D eigenvalue weighted by molar-refractivity contribution is 0.669. The predicted molar refractivity (Wildman–Crippen MR) is 89.9 cm³/mol. The zero-order valence-corrected chi connectivity index (χ0v) is 14.2. The molecule has 0 fully saturated rings. The van der Waals surface area contributed by atoms with Gasteiger partial charge < -0.3 is 5.32 Å². The molecule has 0 bridgehead atoms. The van der Waals surface area contributed by atoms with Crippen molar-refractivity contribution in [2.45, 2.75) is 33.6 Å². The molecule has 0 radical (unpaired) electrons. The molecule has 114 valence electrons. The van der Waals surface area contributed by atoms with Gasteiger partial charge in [-0.2, -0.15) is 5.10 Å². The average Bonchev–Trinajstić information content (AvgIpc) is 2.71. The van der Waals surface area contributed by atoms with Gasteiger partial charge in [0.1, 0.15) is 0 Å². The monoisotopic (exact) mass is 325 g/mol. The maximum atomic E-state index is 6.29. The first kappa shape index (κ1) is 16.3. The highest BCUT2D eigenvalue weighted by Gasteiger charge is 2.14. The Kier molecular flexibility index (Phi) is 5.68. The second-order valence-electron chi connectivity index (χ2n) is 5.16. The summed E-state index contributed by atoms with van der Waals surface area (Å²) in [6.07, 6.45) is 2.13. The zero-order valence-electron chi connectivity index (χ0n) is 12.7. The van der Waals surface area contributed by atoms with E-state index in [-0.39, 0.29) is 0 Å². The number of halogens is 2. The summed E-state index contributed by atoms with van der Waals surface area (Å²) in [5.74, 6) is 0. The minimum Gasteiger partial charge on any atom is -0.316 e. The van der Waals surface area contributed by atoms with Crippen molar-refractivity contribution in [2.24, 2.45) is 0 Å². The lowest BCUT2D eigenvalue weighted by Gasteiger charge is -2.08. The van der Waals surface area contributed by atoms with Crippen LogP contribution in [-0.4, -0.2) is 22.9 Å². The molecule has 0 aliphatic carbocycles. The van der Waals surface area contributed by atoms with Crippen LogP contribution in [0, 0.1) is 13.8 Å². The van der Waals surface area contributed by atoms with E-state index >= 15 is 0 Å². The number of aromatic nitrogens is 2. The van der Waals surface area contributed by atoms with Crippen LogP contribution in [0.2, 0.25) is 10.0 Å². The summed E-state index contributed by atoms with van der Waals surface area (Å²) in [5, 5.41) is 9.30. The van der Waals surface area contributed by atoms with Gasteiger partial charge in [-0.3, -0.25) is 0 Å². The largest absolute Gasteiger partial charge is 0.316 e. The molecular weight excluding hydrogens is 305 g/mol. The molecule has 0 amide bonds. The van der Waals surface area contributed by atoms with Crippen LogP contribution in [0.25, 0.3) is 5.69 Å². The Hall–Kier alpha value is -1.03. The number of aryl methyl sites for hydroxylation is 1. The summed E-state index contributed by atoms with van der Waals surface area (Å²) in [6.45, 7) is 8.32. The topological polar surface area (TPSA) is 29.9 Å². The molecule has 5 heteroatoms. The zero-order chi connectivity index (χ0) is 15.4. The van der Waals surface area contributed by atoms with Gasteiger partial charge in [0.2, 0.25) is 0 Å². The number of benzene rings is 1. The van der Waals surface area contributed by atoms with Crippen molar-refractivity contribution < 1.29 is 0 Å². The summed E-state index contributed by atoms with van der Waals surface area (Å²) in [7, 11) is 0. The Bertz CT molecular complexity index is 620. The van der Waals surface area contributed by atoms with Crippen molar-refractivity contribution >= 4 is 23.2 Å². The summed E-state index contributed by atoms with van der Waals surface area (Å²) >= 11 is 12.2. The van der Waals surface area contributed by atoms with E-state index in [1.807, 2.05) is 23.7 Å². The first-order chi connectivity index (χ1) is 10.0. The van der Waals surface area contributed by atoms with Gasteiger partial charge in [0.15, 0.2) is 0 Å². The molecule has 0 spiro atoms. The second kappa shape index (κ2) is 7.30. The minimum atomic E-state index is 0.615. The maximum absolute atomic E-state index is 6.29. The van der Waals surface area contributed by atoms with Gasteiger partial charge in [-0.05, 0) is 63.5 Å². The molecule has 0 saturated heterocycles. The van der Waals surface area contributed by atoms with Crippen LogP contribution >= 0.6 is 23.2 Å². The molecule has 1 aromatic carbocycles. The summed E-state index contributed by atoms with van der Waals surface area (Å²) in [6, 6.07) is 5.49. The molecule has 0 aliphatic rings. The fraction of sp³-hybridized carbons (Fsp3) is 0.438. The van der Waals surface area contributed by atoms with E-state index in [9.17, 15) is 0 Å². The molecule has 0 aliphatic heterocycles. The highest BCUT2D eigenvalue weighted by Crippen LogP contribution is 2.26. The normalized spacial score (nSPS) is 11.1. The lowest BCUT2D eigenvalue weighted by atomic mass is 10.1. The molecule has 1 N–H and O–H groups in total. The van der Waals surface area contributed by atoms with Crippen LogP contribution in [0.5, 0.6) is 0 Å². The highest BCUT2D eigenvalue weighted by molar-refractivity contribution is 6.35. The third-order valence-corrected chi connectivity index (χ3v) is 4.10. The molecule has 2 rings (SSSR count). The van der Waals surface area contributed by atoms with E-state index in [0.717, 1.165) is 43.0 Å². The van der Waals surface area contributed by atoms with Crippen molar-refractivity contribution in [3.8, 4) is 5.69 Å². The standard InChI is InChI=1S/C16H21Cl2N3/c1-4-8-19-9-7-14-11(2)20-21(12(14)3)16-6-5-13(17)10-15(16)18/h5-6,10,19H,4,7-9H2,1-3H3. The number of nitrogens with one attached hydrogen (secondary N) is 1. The molecule has 1 aromatic heterocycles. The fourth-order valence-corrected chi connectivity index (χ4v) is 2.93. The number of hydrogen-bond acceptors (Lipinski definition) is 2. The van der Waals surface area contributed by atoms with Crippen LogP contribution in [0.4, 0.5) is 0 Å². The van der Waals surface area contributed by atoms with Crippen molar-refractivity contribution in [3.63, 3.8) is 0 Å². The van der Waals surface area contributed by atoms with E-state index in [1.165, 1.54) is 5.56 Å². The molecule has 0 atom stereocenters. The van der Waals surface area contributed by atoms with Gasteiger partial charge in [-0.25, -0.2) is 4.68 Å². The van der Waals surface area contributed by atoms with Crippen LogP contribution in [0.3, 0.4) is 0 Å².